The molecule has 1 aromatic rings. The van der Waals surface area contributed by atoms with E-state index in [0.717, 1.165) is 13.0 Å². The second-order valence-electron chi connectivity index (χ2n) is 3.66. The molecule has 0 saturated carbocycles. The minimum absolute atomic E-state index is 0.589. The molecule has 0 bridgehead atoms. The van der Waals surface area contributed by atoms with Crippen molar-refractivity contribution in [2.75, 3.05) is 6.54 Å². The van der Waals surface area contributed by atoms with Gasteiger partial charge in [-0.3, -0.25) is 4.68 Å². The topological polar surface area (TPSA) is 29.9 Å². The molecule has 1 aromatic heterocycles. The Hall–Kier alpha value is -0.830. The van der Waals surface area contributed by atoms with Crippen LogP contribution in [-0.2, 0) is 13.5 Å². The van der Waals surface area contributed by atoms with Crippen LogP contribution in [0.3, 0.4) is 0 Å². The highest BCUT2D eigenvalue weighted by Gasteiger charge is 1.98. The predicted octanol–water partition coefficient (Wildman–Crippen LogP) is 1.35. The van der Waals surface area contributed by atoms with Crippen LogP contribution in [0.15, 0.2) is 12.3 Å². The first-order valence-corrected chi connectivity index (χ1v) is 4.90. The van der Waals surface area contributed by atoms with Crippen molar-refractivity contribution >= 4 is 0 Å². The van der Waals surface area contributed by atoms with Crippen molar-refractivity contribution in [1.82, 2.24) is 15.1 Å². The van der Waals surface area contributed by atoms with Gasteiger partial charge in [0.05, 0.1) is 0 Å². The normalized spacial score (nSPS) is 11.1. The van der Waals surface area contributed by atoms with Crippen molar-refractivity contribution in [1.29, 1.82) is 0 Å². The number of aryl methyl sites for hydroxylation is 2. The van der Waals surface area contributed by atoms with E-state index in [1.165, 1.54) is 12.1 Å². The molecule has 1 heterocycles. The van der Waals surface area contributed by atoms with E-state index < -0.39 is 0 Å². The average Bonchev–Trinajstić information content (AvgIpc) is 2.45. The summed E-state index contributed by atoms with van der Waals surface area (Å²) in [5.41, 5.74) is 1.31. The molecule has 0 aromatic carbocycles. The minimum Gasteiger partial charge on any atom is -0.315 e. The van der Waals surface area contributed by atoms with Crippen LogP contribution >= 0.6 is 0 Å². The van der Waals surface area contributed by atoms with Gasteiger partial charge in [-0.05, 0) is 25.5 Å². The minimum atomic E-state index is 0.589. The molecule has 13 heavy (non-hydrogen) atoms. The Morgan fingerprint density at radius 3 is 2.85 bits per heavy atom. The number of nitrogens with one attached hydrogen (secondary N) is 1. The first-order chi connectivity index (χ1) is 6.20. The van der Waals surface area contributed by atoms with Gasteiger partial charge in [-0.2, -0.15) is 5.10 Å². The van der Waals surface area contributed by atoms with Crippen LogP contribution in [0.1, 0.15) is 26.0 Å². The molecule has 1 N–H and O–H groups in total. The Labute approximate surface area is 80.1 Å². The van der Waals surface area contributed by atoms with E-state index in [9.17, 15) is 0 Å². The molecule has 0 radical (unpaired) electrons. The maximum absolute atomic E-state index is 4.13. The van der Waals surface area contributed by atoms with E-state index in [1.807, 2.05) is 17.9 Å². The molecule has 0 fully saturated rings. The summed E-state index contributed by atoms with van der Waals surface area (Å²) < 4.78 is 1.94. The van der Waals surface area contributed by atoms with Crippen molar-refractivity contribution in [3.8, 4) is 0 Å². The summed E-state index contributed by atoms with van der Waals surface area (Å²) in [4.78, 5) is 0. The number of nitrogens with zero attached hydrogens (tertiary/aromatic N) is 2. The van der Waals surface area contributed by atoms with Gasteiger partial charge in [0, 0.05) is 25.0 Å². The summed E-state index contributed by atoms with van der Waals surface area (Å²) in [6.45, 7) is 5.43. The maximum Gasteiger partial charge on any atom is 0.0492 e. The average molecular weight is 181 g/mol. The quantitative estimate of drug-likeness (QED) is 0.695. The van der Waals surface area contributed by atoms with Crippen LogP contribution < -0.4 is 5.32 Å². The highest BCUT2D eigenvalue weighted by Crippen LogP contribution is 1.99. The lowest BCUT2D eigenvalue weighted by Crippen LogP contribution is -2.24. The van der Waals surface area contributed by atoms with Crippen LogP contribution in [0.2, 0.25) is 0 Å². The number of rotatable bonds is 5. The first kappa shape index (κ1) is 10.3. The van der Waals surface area contributed by atoms with Gasteiger partial charge in [0.15, 0.2) is 0 Å². The van der Waals surface area contributed by atoms with Crippen molar-refractivity contribution in [3.05, 3.63) is 18.0 Å². The molecule has 0 aliphatic carbocycles. The first-order valence-electron chi connectivity index (χ1n) is 4.90. The molecule has 0 aliphatic heterocycles. The van der Waals surface area contributed by atoms with Crippen molar-refractivity contribution in [2.24, 2.45) is 7.05 Å². The number of hydrogen-bond acceptors (Lipinski definition) is 2. The molecule has 1 rings (SSSR count). The molecule has 74 valence electrons. The van der Waals surface area contributed by atoms with Crippen LogP contribution in [0.5, 0.6) is 0 Å². The Kier molecular flexibility index (Phi) is 3.96. The summed E-state index contributed by atoms with van der Waals surface area (Å²) in [6, 6.07) is 2.67. The lowest BCUT2D eigenvalue weighted by molar-refractivity contribution is 0.562. The molecule has 0 atom stereocenters. The summed E-state index contributed by atoms with van der Waals surface area (Å²) >= 11 is 0. The molecule has 0 saturated heterocycles. The van der Waals surface area contributed by atoms with Crippen LogP contribution in [-0.4, -0.2) is 22.4 Å². The van der Waals surface area contributed by atoms with Crippen LogP contribution in [0, 0.1) is 0 Å². The molecule has 3 nitrogen and oxygen atoms in total. The van der Waals surface area contributed by atoms with Gasteiger partial charge in [0.2, 0.25) is 0 Å². The monoisotopic (exact) mass is 181 g/mol. The second-order valence-corrected chi connectivity index (χ2v) is 3.66. The molecule has 3 heteroatoms. The third kappa shape index (κ3) is 3.59. The standard InChI is InChI=1S/C10H19N3/c1-9(2)11-7-4-5-10-6-8-12-13(10)3/h6,8-9,11H,4-5,7H2,1-3H3. The Bertz CT molecular complexity index is 240. The lowest BCUT2D eigenvalue weighted by atomic mass is 10.2. The highest BCUT2D eigenvalue weighted by atomic mass is 15.2. The van der Waals surface area contributed by atoms with Gasteiger partial charge >= 0.3 is 0 Å². The lowest BCUT2D eigenvalue weighted by Gasteiger charge is -2.07. The Morgan fingerprint density at radius 2 is 2.31 bits per heavy atom. The van der Waals surface area contributed by atoms with Gasteiger partial charge in [-0.15, -0.1) is 0 Å². The van der Waals surface area contributed by atoms with E-state index in [-0.39, 0.29) is 0 Å². The van der Waals surface area contributed by atoms with Gasteiger partial charge in [-0.25, -0.2) is 0 Å². The number of hydrogen-bond donors (Lipinski definition) is 1. The molecular weight excluding hydrogens is 162 g/mol. The van der Waals surface area contributed by atoms with Gasteiger partial charge in [0.1, 0.15) is 0 Å². The summed E-state index contributed by atoms with van der Waals surface area (Å²) in [6.07, 6.45) is 4.14. The summed E-state index contributed by atoms with van der Waals surface area (Å²) in [5.74, 6) is 0. The maximum atomic E-state index is 4.13. The summed E-state index contributed by atoms with van der Waals surface area (Å²) in [7, 11) is 1.99. The largest absolute Gasteiger partial charge is 0.315 e. The van der Waals surface area contributed by atoms with Gasteiger partial charge < -0.3 is 5.32 Å². The summed E-state index contributed by atoms with van der Waals surface area (Å²) in [5, 5.41) is 7.52. The smallest absolute Gasteiger partial charge is 0.0492 e. The zero-order chi connectivity index (χ0) is 9.68. The van der Waals surface area contributed by atoms with E-state index in [1.54, 1.807) is 0 Å². The Balaban J connectivity index is 2.17. The molecule has 0 amide bonds. The van der Waals surface area contributed by atoms with E-state index in [2.05, 4.69) is 30.3 Å². The molecule has 0 spiro atoms. The molecule has 0 aliphatic rings. The molecular formula is C10H19N3. The fourth-order valence-corrected chi connectivity index (χ4v) is 1.31. The van der Waals surface area contributed by atoms with Gasteiger partial charge in [0.25, 0.3) is 0 Å². The Morgan fingerprint density at radius 1 is 1.54 bits per heavy atom. The third-order valence-electron chi connectivity index (χ3n) is 2.08. The zero-order valence-electron chi connectivity index (χ0n) is 8.75. The second kappa shape index (κ2) is 5.02. The highest BCUT2D eigenvalue weighted by molar-refractivity contribution is 4.99. The van der Waals surface area contributed by atoms with Crippen LogP contribution in [0.25, 0.3) is 0 Å². The SMILES string of the molecule is CC(C)NCCCc1ccnn1C. The van der Waals surface area contributed by atoms with E-state index >= 15 is 0 Å². The third-order valence-corrected chi connectivity index (χ3v) is 2.08. The predicted molar refractivity (Wildman–Crippen MR) is 54.7 cm³/mol. The van der Waals surface area contributed by atoms with Crippen molar-refractivity contribution < 1.29 is 0 Å². The van der Waals surface area contributed by atoms with Gasteiger partial charge in [-0.1, -0.05) is 13.8 Å². The molecule has 0 unspecified atom stereocenters. The van der Waals surface area contributed by atoms with E-state index in [0.29, 0.717) is 6.04 Å². The van der Waals surface area contributed by atoms with E-state index in [4.69, 9.17) is 0 Å². The van der Waals surface area contributed by atoms with Crippen LogP contribution in [0.4, 0.5) is 0 Å². The van der Waals surface area contributed by atoms with Crippen molar-refractivity contribution in [3.63, 3.8) is 0 Å². The van der Waals surface area contributed by atoms with Crippen molar-refractivity contribution in [2.45, 2.75) is 32.7 Å². The zero-order valence-corrected chi connectivity index (χ0v) is 8.75. The fourth-order valence-electron chi connectivity index (χ4n) is 1.31. The number of aromatic nitrogens is 2. The fraction of sp³-hybridized carbons (Fsp3) is 0.700.